The Morgan fingerprint density at radius 2 is 1.84 bits per heavy atom. The van der Waals surface area contributed by atoms with Crippen molar-refractivity contribution in [1.29, 1.82) is 0 Å². The summed E-state index contributed by atoms with van der Waals surface area (Å²) in [6.07, 6.45) is 7.11. The molecule has 25 heavy (non-hydrogen) atoms. The van der Waals surface area contributed by atoms with Gasteiger partial charge in [0, 0.05) is 19.5 Å². The fourth-order valence-corrected chi connectivity index (χ4v) is 4.92. The fourth-order valence-electron chi connectivity index (χ4n) is 4.65. The number of carbonyl (C=O) groups excluding carboxylic acids is 1. The van der Waals surface area contributed by atoms with E-state index in [-0.39, 0.29) is 18.0 Å². The van der Waals surface area contributed by atoms with Crippen LogP contribution in [0.2, 0.25) is 0 Å². The van der Waals surface area contributed by atoms with Crippen LogP contribution in [0.3, 0.4) is 0 Å². The Morgan fingerprint density at radius 1 is 1.20 bits per heavy atom. The molecule has 0 aromatic heterocycles. The summed E-state index contributed by atoms with van der Waals surface area (Å²) in [7, 11) is 0. The molecule has 2 fully saturated rings. The van der Waals surface area contributed by atoms with Crippen molar-refractivity contribution in [3.8, 4) is 0 Å². The monoisotopic (exact) mass is 370 g/mol. The topological polar surface area (TPSA) is 55.6 Å². The highest BCUT2D eigenvalue weighted by molar-refractivity contribution is 7.80. The van der Waals surface area contributed by atoms with E-state index in [9.17, 15) is 4.79 Å². The predicted octanol–water partition coefficient (Wildman–Crippen LogP) is 3.49. The Bertz CT molecular complexity index is 422. The molecule has 4 nitrogen and oxygen atoms in total. The zero-order chi connectivity index (χ0) is 18.6. The van der Waals surface area contributed by atoms with E-state index in [1.807, 2.05) is 4.90 Å². The molecule has 0 bridgehead atoms. The maximum Gasteiger partial charge on any atom is 0.219 e. The Kier molecular flexibility index (Phi) is 8.09. The van der Waals surface area contributed by atoms with Gasteiger partial charge in [-0.1, -0.05) is 20.8 Å². The number of thiol groups is 1. The number of hydrogen-bond acceptors (Lipinski definition) is 4. The number of piperidine rings is 1. The number of carbonyl (C=O) groups is 1. The molecule has 2 N–H and O–H groups in total. The van der Waals surface area contributed by atoms with Gasteiger partial charge in [0.15, 0.2) is 0 Å². The molecule has 1 amide bonds. The summed E-state index contributed by atoms with van der Waals surface area (Å²) >= 11 is 4.53. The highest BCUT2D eigenvalue weighted by atomic mass is 32.1. The number of likely N-dealkylation sites (tertiary alicyclic amines) is 1. The van der Waals surface area contributed by atoms with Crippen LogP contribution < -0.4 is 5.73 Å². The maximum absolute atomic E-state index is 12.1. The lowest BCUT2D eigenvalue weighted by atomic mass is 9.80. The fraction of sp³-hybridized carbons (Fsp3) is 0.950. The van der Waals surface area contributed by atoms with E-state index in [1.54, 1.807) is 6.92 Å². The van der Waals surface area contributed by atoms with Gasteiger partial charge < -0.3 is 15.4 Å². The number of amides is 1. The van der Waals surface area contributed by atoms with Gasteiger partial charge >= 0.3 is 0 Å². The number of nitrogens with two attached hydrogens (primary N) is 1. The van der Waals surface area contributed by atoms with Gasteiger partial charge in [-0.15, -0.1) is 0 Å². The largest absolute Gasteiger partial charge is 0.376 e. The first kappa shape index (κ1) is 21.0. The molecule has 4 atom stereocenters. The summed E-state index contributed by atoms with van der Waals surface area (Å²) in [6.45, 7) is 9.78. The van der Waals surface area contributed by atoms with Gasteiger partial charge in [-0.3, -0.25) is 4.79 Å². The van der Waals surface area contributed by atoms with Crippen molar-refractivity contribution >= 4 is 18.5 Å². The summed E-state index contributed by atoms with van der Waals surface area (Å²) in [6, 6.07) is -0.00888. The van der Waals surface area contributed by atoms with E-state index in [1.165, 1.54) is 12.8 Å². The van der Waals surface area contributed by atoms with E-state index in [0.717, 1.165) is 44.1 Å². The lowest BCUT2D eigenvalue weighted by Gasteiger charge is -2.44. The lowest BCUT2D eigenvalue weighted by Crippen LogP contribution is -2.60. The quantitative estimate of drug-likeness (QED) is 0.704. The number of hydrogen-bond donors (Lipinski definition) is 2. The van der Waals surface area contributed by atoms with Gasteiger partial charge in [0.1, 0.15) is 0 Å². The average molecular weight is 371 g/mol. The summed E-state index contributed by atoms with van der Waals surface area (Å²) in [5.41, 5.74) is 6.57. The molecule has 0 aromatic carbocycles. The normalized spacial score (nSPS) is 35.0. The molecule has 2 aliphatic rings. The van der Waals surface area contributed by atoms with Gasteiger partial charge in [0.25, 0.3) is 0 Å². The minimum absolute atomic E-state index is 0.00570. The SMILES string of the molecule is CC(=O)N1CCC(CC(C)S)[C@H](N)[C@@H]1COC1CCC(C(C)C)CC1. The molecule has 1 aliphatic heterocycles. The van der Waals surface area contributed by atoms with Gasteiger partial charge in [0.2, 0.25) is 5.91 Å². The molecule has 1 heterocycles. The molecule has 2 unspecified atom stereocenters. The molecule has 146 valence electrons. The van der Waals surface area contributed by atoms with E-state index in [4.69, 9.17) is 10.5 Å². The highest BCUT2D eigenvalue weighted by Gasteiger charge is 2.38. The maximum atomic E-state index is 12.1. The van der Waals surface area contributed by atoms with Crippen molar-refractivity contribution in [1.82, 2.24) is 4.90 Å². The Balaban J connectivity index is 1.90. The van der Waals surface area contributed by atoms with Crippen LogP contribution in [0.25, 0.3) is 0 Å². The van der Waals surface area contributed by atoms with Crippen molar-refractivity contribution in [2.75, 3.05) is 13.2 Å². The predicted molar refractivity (Wildman–Crippen MR) is 107 cm³/mol. The number of ether oxygens (including phenoxy) is 1. The first-order chi connectivity index (χ1) is 11.8. The average Bonchev–Trinajstić information content (AvgIpc) is 2.55. The van der Waals surface area contributed by atoms with E-state index < -0.39 is 0 Å². The van der Waals surface area contributed by atoms with Crippen LogP contribution in [0.15, 0.2) is 0 Å². The minimum Gasteiger partial charge on any atom is -0.376 e. The second kappa shape index (κ2) is 9.61. The van der Waals surface area contributed by atoms with Crippen LogP contribution in [0.4, 0.5) is 0 Å². The molecule has 0 spiro atoms. The first-order valence-electron chi connectivity index (χ1n) is 10.1. The van der Waals surface area contributed by atoms with Crippen LogP contribution in [-0.2, 0) is 9.53 Å². The molecule has 2 rings (SSSR count). The number of nitrogens with zero attached hydrogens (tertiary/aromatic N) is 1. The third-order valence-electron chi connectivity index (χ3n) is 6.34. The Labute approximate surface area is 159 Å². The first-order valence-corrected chi connectivity index (χ1v) is 10.6. The van der Waals surface area contributed by atoms with Crippen LogP contribution in [-0.4, -0.2) is 47.4 Å². The number of rotatable bonds is 6. The van der Waals surface area contributed by atoms with Crippen LogP contribution in [0.1, 0.15) is 66.2 Å². The highest BCUT2D eigenvalue weighted by Crippen LogP contribution is 2.32. The standard InChI is InChI=1S/C20H38N2O2S/c1-13(2)16-5-7-18(8-6-16)24-12-19-20(21)17(11-14(3)25)9-10-22(19)15(4)23/h13-14,16-20,25H,5-12,21H2,1-4H3/t14?,16?,17?,18?,19-,20-/m0/s1. The van der Waals surface area contributed by atoms with Gasteiger partial charge in [-0.2, -0.15) is 12.6 Å². The smallest absolute Gasteiger partial charge is 0.219 e. The van der Waals surface area contributed by atoms with E-state index in [0.29, 0.717) is 23.9 Å². The van der Waals surface area contributed by atoms with Crippen molar-refractivity contribution in [2.24, 2.45) is 23.5 Å². The zero-order valence-electron chi connectivity index (χ0n) is 16.5. The van der Waals surface area contributed by atoms with Crippen LogP contribution in [0.5, 0.6) is 0 Å². The third-order valence-corrected chi connectivity index (χ3v) is 6.55. The Hall–Kier alpha value is -0.260. The third kappa shape index (κ3) is 5.86. The Morgan fingerprint density at radius 3 is 2.36 bits per heavy atom. The summed E-state index contributed by atoms with van der Waals surface area (Å²) < 4.78 is 6.26. The second-order valence-corrected chi connectivity index (χ2v) is 9.49. The van der Waals surface area contributed by atoms with Crippen molar-refractivity contribution in [3.63, 3.8) is 0 Å². The molecule has 5 heteroatoms. The zero-order valence-corrected chi connectivity index (χ0v) is 17.4. The lowest BCUT2D eigenvalue weighted by molar-refractivity contribution is -0.137. The van der Waals surface area contributed by atoms with Gasteiger partial charge in [0.05, 0.1) is 18.8 Å². The molecular formula is C20H38N2O2S. The summed E-state index contributed by atoms with van der Waals surface area (Å²) in [5.74, 6) is 2.15. The van der Waals surface area contributed by atoms with Gasteiger partial charge in [-0.25, -0.2) is 0 Å². The minimum atomic E-state index is -0.0146. The van der Waals surface area contributed by atoms with Crippen LogP contribution >= 0.6 is 12.6 Å². The van der Waals surface area contributed by atoms with E-state index in [2.05, 4.69) is 33.4 Å². The molecule has 1 saturated carbocycles. The molecular weight excluding hydrogens is 332 g/mol. The molecule has 1 aliphatic carbocycles. The summed E-state index contributed by atoms with van der Waals surface area (Å²) in [5, 5.41) is 0.341. The molecule has 0 aromatic rings. The van der Waals surface area contributed by atoms with E-state index >= 15 is 0 Å². The van der Waals surface area contributed by atoms with Crippen molar-refractivity contribution in [2.45, 2.75) is 89.7 Å². The van der Waals surface area contributed by atoms with Crippen molar-refractivity contribution in [3.05, 3.63) is 0 Å². The summed E-state index contributed by atoms with van der Waals surface area (Å²) in [4.78, 5) is 14.0. The molecule has 1 saturated heterocycles. The van der Waals surface area contributed by atoms with Crippen molar-refractivity contribution < 1.29 is 9.53 Å². The second-order valence-electron chi connectivity index (χ2n) is 8.60. The van der Waals surface area contributed by atoms with Crippen LogP contribution in [0, 0.1) is 17.8 Å². The molecule has 0 radical (unpaired) electrons. The van der Waals surface area contributed by atoms with Gasteiger partial charge in [-0.05, 0) is 61.5 Å².